The van der Waals surface area contributed by atoms with Crippen molar-refractivity contribution in [3.8, 4) is 0 Å². The van der Waals surface area contributed by atoms with Crippen LogP contribution in [0.25, 0.3) is 0 Å². The van der Waals surface area contributed by atoms with E-state index in [4.69, 9.17) is 23.7 Å². The van der Waals surface area contributed by atoms with Crippen LogP contribution in [0.5, 0.6) is 0 Å². The quantitative estimate of drug-likeness (QED) is 0.210. The topological polar surface area (TPSA) is 83.5 Å². The molecule has 1 amide bonds. The van der Waals surface area contributed by atoms with Gasteiger partial charge >= 0.3 is 12.1 Å². The van der Waals surface area contributed by atoms with Crippen molar-refractivity contribution in [3.63, 3.8) is 0 Å². The summed E-state index contributed by atoms with van der Waals surface area (Å²) in [4.78, 5) is 28.4. The van der Waals surface area contributed by atoms with E-state index >= 15 is 0 Å². The van der Waals surface area contributed by atoms with E-state index in [9.17, 15) is 9.59 Å². The molecule has 2 fully saturated rings. The van der Waals surface area contributed by atoms with Crippen molar-refractivity contribution in [2.45, 2.75) is 110 Å². The van der Waals surface area contributed by atoms with Gasteiger partial charge in [0.25, 0.3) is 0 Å². The van der Waals surface area contributed by atoms with Gasteiger partial charge in [-0.1, -0.05) is 58.0 Å². The molecule has 1 aromatic carbocycles. The highest BCUT2D eigenvalue weighted by molar-refractivity contribution is 5.88. The van der Waals surface area contributed by atoms with E-state index in [1.54, 1.807) is 11.8 Å². The Morgan fingerprint density at radius 2 is 1.85 bits per heavy atom. The fourth-order valence-electron chi connectivity index (χ4n) is 5.37. The molecular formula is C31H47NO7. The zero-order chi connectivity index (χ0) is 28.3. The van der Waals surface area contributed by atoms with Crippen LogP contribution in [0.4, 0.5) is 4.79 Å². The van der Waals surface area contributed by atoms with E-state index in [-0.39, 0.29) is 31.5 Å². The first-order valence-corrected chi connectivity index (χ1v) is 14.6. The number of hydrogen-bond donors (Lipinski definition) is 0. The van der Waals surface area contributed by atoms with E-state index in [2.05, 4.69) is 13.8 Å². The monoisotopic (exact) mass is 545 g/mol. The number of carbonyl (C=O) groups excluding carboxylic acids is 2. The van der Waals surface area contributed by atoms with Gasteiger partial charge in [-0.3, -0.25) is 4.90 Å². The number of carbonyl (C=O) groups is 2. The summed E-state index contributed by atoms with van der Waals surface area (Å²) in [7, 11) is 0. The summed E-state index contributed by atoms with van der Waals surface area (Å²) in [5, 5.41) is 0. The first-order chi connectivity index (χ1) is 18.8. The van der Waals surface area contributed by atoms with Gasteiger partial charge in [-0.25, -0.2) is 9.59 Å². The third kappa shape index (κ3) is 8.53. The molecule has 8 nitrogen and oxygen atoms in total. The van der Waals surface area contributed by atoms with Crippen molar-refractivity contribution >= 4 is 12.1 Å². The van der Waals surface area contributed by atoms with Crippen molar-refractivity contribution in [3.05, 3.63) is 47.5 Å². The van der Waals surface area contributed by atoms with Gasteiger partial charge in [-0.15, -0.1) is 0 Å². The van der Waals surface area contributed by atoms with Gasteiger partial charge in [0, 0.05) is 18.6 Å². The van der Waals surface area contributed by atoms with Crippen LogP contribution >= 0.6 is 0 Å². The van der Waals surface area contributed by atoms with Crippen molar-refractivity contribution in [2.24, 2.45) is 5.92 Å². The first kappa shape index (κ1) is 31.1. The fourth-order valence-corrected chi connectivity index (χ4v) is 5.37. The number of amides is 1. The van der Waals surface area contributed by atoms with E-state index in [0.29, 0.717) is 50.4 Å². The lowest BCUT2D eigenvalue weighted by Gasteiger charge is -2.37. The average molecular weight is 546 g/mol. The van der Waals surface area contributed by atoms with Crippen molar-refractivity contribution in [2.75, 3.05) is 19.8 Å². The largest absolute Gasteiger partial charge is 0.463 e. The SMILES string of the molecule is CCOC(=O)C(=C[C@@H]1OC(CC)(CC)N(C(=O)OCc2ccccc2)[C@H]1CC(C)C)CCOC1CCCCO1. The molecule has 2 heterocycles. The number of nitrogens with zero attached hydrogens (tertiary/aromatic N) is 1. The van der Waals surface area contributed by atoms with Crippen LogP contribution in [0.3, 0.4) is 0 Å². The number of ether oxygens (including phenoxy) is 5. The summed E-state index contributed by atoms with van der Waals surface area (Å²) >= 11 is 0. The number of benzene rings is 1. The van der Waals surface area contributed by atoms with Crippen LogP contribution in [0.2, 0.25) is 0 Å². The zero-order valence-electron chi connectivity index (χ0n) is 24.4. The van der Waals surface area contributed by atoms with Gasteiger partial charge in [0.1, 0.15) is 12.3 Å². The lowest BCUT2D eigenvalue weighted by molar-refractivity contribution is -0.162. The highest BCUT2D eigenvalue weighted by Crippen LogP contribution is 2.41. The molecule has 218 valence electrons. The molecule has 8 heteroatoms. The molecule has 3 rings (SSSR count). The number of rotatable bonds is 13. The molecule has 0 N–H and O–H groups in total. The molecule has 39 heavy (non-hydrogen) atoms. The molecule has 2 aliphatic heterocycles. The first-order valence-electron chi connectivity index (χ1n) is 14.6. The van der Waals surface area contributed by atoms with Crippen LogP contribution in [0.15, 0.2) is 42.0 Å². The van der Waals surface area contributed by atoms with E-state index in [0.717, 1.165) is 24.8 Å². The molecule has 1 unspecified atom stereocenters. The van der Waals surface area contributed by atoms with Gasteiger partial charge < -0.3 is 23.7 Å². The minimum atomic E-state index is -0.833. The molecule has 1 aromatic rings. The molecule has 2 aliphatic rings. The Labute approximate surface area is 234 Å². The zero-order valence-corrected chi connectivity index (χ0v) is 24.4. The van der Waals surface area contributed by atoms with E-state index in [1.165, 1.54) is 0 Å². The predicted octanol–water partition coefficient (Wildman–Crippen LogP) is 6.38. The third-order valence-electron chi connectivity index (χ3n) is 7.44. The van der Waals surface area contributed by atoms with Gasteiger partial charge in [-0.05, 0) is 63.0 Å². The van der Waals surface area contributed by atoms with Crippen molar-refractivity contribution < 1.29 is 33.3 Å². The van der Waals surface area contributed by atoms with E-state index < -0.39 is 17.9 Å². The molecule has 2 saturated heterocycles. The Hall–Kier alpha value is -2.42. The summed E-state index contributed by atoms with van der Waals surface area (Å²) < 4.78 is 29.5. The smallest absolute Gasteiger partial charge is 0.412 e. The molecule has 0 bridgehead atoms. The molecule has 0 radical (unpaired) electrons. The third-order valence-corrected chi connectivity index (χ3v) is 7.44. The fraction of sp³-hybridized carbons (Fsp3) is 0.677. The maximum atomic E-state index is 13.6. The highest BCUT2D eigenvalue weighted by atomic mass is 16.7. The van der Waals surface area contributed by atoms with Crippen LogP contribution in [0.1, 0.15) is 85.1 Å². The summed E-state index contributed by atoms with van der Waals surface area (Å²) in [6, 6.07) is 9.36. The van der Waals surface area contributed by atoms with E-state index in [1.807, 2.05) is 50.3 Å². The van der Waals surface area contributed by atoms with Crippen LogP contribution in [-0.4, -0.2) is 60.9 Å². The number of esters is 1. The minimum absolute atomic E-state index is 0.184. The lowest BCUT2D eigenvalue weighted by Crippen LogP contribution is -2.51. The molecule has 0 aliphatic carbocycles. The van der Waals surface area contributed by atoms with Crippen molar-refractivity contribution in [1.82, 2.24) is 4.90 Å². The molecule has 0 aromatic heterocycles. The summed E-state index contributed by atoms with van der Waals surface area (Å²) in [5.74, 6) is -0.0949. The van der Waals surface area contributed by atoms with Gasteiger partial charge in [0.15, 0.2) is 6.29 Å². The van der Waals surface area contributed by atoms with Gasteiger partial charge in [-0.2, -0.15) is 0 Å². The van der Waals surface area contributed by atoms with Gasteiger partial charge in [0.2, 0.25) is 0 Å². The lowest BCUT2D eigenvalue weighted by atomic mass is 9.95. The molecular weight excluding hydrogens is 498 g/mol. The molecule has 3 atom stereocenters. The molecule has 0 spiro atoms. The average Bonchev–Trinajstić information content (AvgIpc) is 3.25. The van der Waals surface area contributed by atoms with Crippen LogP contribution in [-0.2, 0) is 35.1 Å². The second-order valence-electron chi connectivity index (χ2n) is 10.7. The Balaban J connectivity index is 1.85. The Morgan fingerprint density at radius 1 is 1.10 bits per heavy atom. The van der Waals surface area contributed by atoms with Crippen LogP contribution < -0.4 is 0 Å². The Morgan fingerprint density at radius 3 is 2.46 bits per heavy atom. The summed E-state index contributed by atoms with van der Waals surface area (Å²) in [5.41, 5.74) is 0.584. The highest BCUT2D eigenvalue weighted by Gasteiger charge is 2.53. The molecule has 0 saturated carbocycles. The van der Waals surface area contributed by atoms with Gasteiger partial charge in [0.05, 0.1) is 25.4 Å². The second kappa shape index (κ2) is 15.4. The minimum Gasteiger partial charge on any atom is -0.463 e. The Bertz CT molecular complexity index is 922. The van der Waals surface area contributed by atoms with Crippen LogP contribution in [0, 0.1) is 5.92 Å². The second-order valence-corrected chi connectivity index (χ2v) is 10.7. The maximum absolute atomic E-state index is 13.6. The number of hydrogen-bond acceptors (Lipinski definition) is 7. The maximum Gasteiger partial charge on any atom is 0.412 e. The summed E-state index contributed by atoms with van der Waals surface area (Å²) in [6.45, 7) is 11.6. The Kier molecular flexibility index (Phi) is 12.3. The normalized spacial score (nSPS) is 23.2. The van der Waals surface area contributed by atoms with Crippen molar-refractivity contribution in [1.29, 1.82) is 0 Å². The standard InChI is InChI=1S/C31H47NO7/c1-6-31(7-2)32(30(34)38-22-24-14-10-9-11-15-24)26(20-23(4)5)27(39-31)21-25(29(33)35-8-3)17-19-37-28-16-12-13-18-36-28/h9-11,14-15,21,23,26-28H,6-8,12-13,16-20,22H2,1-5H3/t26-,27-,28?/m0/s1. The summed E-state index contributed by atoms with van der Waals surface area (Å²) in [6.07, 6.45) is 5.97. The predicted molar refractivity (Wildman–Crippen MR) is 149 cm³/mol.